The van der Waals surface area contributed by atoms with Gasteiger partial charge in [0.25, 0.3) is 0 Å². The van der Waals surface area contributed by atoms with Gasteiger partial charge in [0, 0.05) is 20.7 Å². The molecule has 1 amide bonds. The lowest BCUT2D eigenvalue weighted by Crippen LogP contribution is -2.40. The highest BCUT2D eigenvalue weighted by Crippen LogP contribution is 2.27. The number of aliphatic hydroxyl groups excluding tert-OH is 1. The highest BCUT2D eigenvalue weighted by molar-refractivity contribution is 5.77. The number of hydrogen-bond acceptors (Lipinski definition) is 3. The molecule has 0 spiro atoms. The molecular weight excluding hydrogens is 170 g/mol. The molecule has 0 aromatic rings. The molecule has 76 valence electrons. The number of rotatable bonds is 4. The van der Waals surface area contributed by atoms with E-state index in [-0.39, 0.29) is 18.6 Å². The van der Waals surface area contributed by atoms with Crippen LogP contribution in [-0.4, -0.2) is 49.3 Å². The van der Waals surface area contributed by atoms with Gasteiger partial charge in [-0.15, -0.1) is 0 Å². The van der Waals surface area contributed by atoms with E-state index in [1.807, 2.05) is 0 Å². The third-order valence-corrected chi connectivity index (χ3v) is 2.44. The highest BCUT2D eigenvalue weighted by atomic mass is 16.5. The third-order valence-electron chi connectivity index (χ3n) is 2.44. The summed E-state index contributed by atoms with van der Waals surface area (Å²) >= 11 is 0. The van der Waals surface area contributed by atoms with E-state index >= 15 is 0 Å². The Morgan fingerprint density at radius 2 is 2.23 bits per heavy atom. The molecule has 0 radical (unpaired) electrons. The molecule has 1 aliphatic rings. The average Bonchev–Trinajstić information content (AvgIpc) is 2.02. The second kappa shape index (κ2) is 4.58. The van der Waals surface area contributed by atoms with Gasteiger partial charge in [-0.05, 0) is 18.8 Å². The van der Waals surface area contributed by atoms with Crippen LogP contribution in [0.1, 0.15) is 12.8 Å². The predicted octanol–water partition coefficient (Wildman–Crippen LogP) is -0.138. The SMILES string of the molecule is COCC(=O)N(C)CC1CC(O)C1. The normalized spacial score (nSPS) is 26.7. The minimum atomic E-state index is -0.143. The van der Waals surface area contributed by atoms with E-state index in [2.05, 4.69) is 0 Å². The predicted molar refractivity (Wildman–Crippen MR) is 48.2 cm³/mol. The molecule has 0 aromatic carbocycles. The maximum atomic E-state index is 11.2. The Morgan fingerprint density at radius 3 is 2.69 bits per heavy atom. The number of hydrogen-bond donors (Lipinski definition) is 1. The molecule has 0 unspecified atom stereocenters. The molecule has 4 heteroatoms. The topological polar surface area (TPSA) is 49.8 Å². The van der Waals surface area contributed by atoms with Crippen LogP contribution in [0.4, 0.5) is 0 Å². The first-order valence-corrected chi connectivity index (χ1v) is 4.54. The van der Waals surface area contributed by atoms with E-state index in [0.29, 0.717) is 5.92 Å². The van der Waals surface area contributed by atoms with Crippen molar-refractivity contribution in [2.75, 3.05) is 27.3 Å². The molecule has 1 aliphatic carbocycles. The highest BCUT2D eigenvalue weighted by Gasteiger charge is 2.28. The Hall–Kier alpha value is -0.610. The zero-order valence-electron chi connectivity index (χ0n) is 8.19. The average molecular weight is 187 g/mol. The standard InChI is InChI=1S/C9H17NO3/c1-10(9(12)6-13-2)5-7-3-8(11)4-7/h7-8,11H,3-6H2,1-2H3. The van der Waals surface area contributed by atoms with E-state index < -0.39 is 0 Å². The smallest absolute Gasteiger partial charge is 0.248 e. The molecule has 0 saturated heterocycles. The van der Waals surface area contributed by atoms with E-state index in [1.165, 1.54) is 7.11 Å². The second-order valence-electron chi connectivity index (χ2n) is 3.70. The fourth-order valence-corrected chi connectivity index (χ4v) is 1.57. The van der Waals surface area contributed by atoms with Crippen LogP contribution >= 0.6 is 0 Å². The lowest BCUT2D eigenvalue weighted by Gasteiger charge is -2.34. The van der Waals surface area contributed by atoms with Crippen molar-refractivity contribution in [1.29, 1.82) is 0 Å². The van der Waals surface area contributed by atoms with Crippen LogP contribution in [0.5, 0.6) is 0 Å². The zero-order valence-corrected chi connectivity index (χ0v) is 8.19. The number of likely N-dealkylation sites (N-methyl/N-ethyl adjacent to an activating group) is 1. The Morgan fingerprint density at radius 1 is 1.62 bits per heavy atom. The summed E-state index contributed by atoms with van der Waals surface area (Å²) < 4.78 is 4.74. The number of carbonyl (C=O) groups is 1. The van der Waals surface area contributed by atoms with Gasteiger partial charge in [-0.2, -0.15) is 0 Å². The minimum Gasteiger partial charge on any atom is -0.393 e. The van der Waals surface area contributed by atoms with Gasteiger partial charge >= 0.3 is 0 Å². The summed E-state index contributed by atoms with van der Waals surface area (Å²) in [6, 6.07) is 0. The summed E-state index contributed by atoms with van der Waals surface area (Å²) in [6.07, 6.45) is 1.51. The van der Waals surface area contributed by atoms with Crippen LogP contribution in [0.25, 0.3) is 0 Å². The number of amides is 1. The lowest BCUT2D eigenvalue weighted by atomic mass is 9.82. The first-order chi connectivity index (χ1) is 6.13. The molecule has 1 fully saturated rings. The van der Waals surface area contributed by atoms with E-state index in [1.54, 1.807) is 11.9 Å². The van der Waals surface area contributed by atoms with Gasteiger partial charge in [0.2, 0.25) is 5.91 Å². The Kier molecular flexibility index (Phi) is 3.69. The molecule has 0 atom stereocenters. The van der Waals surface area contributed by atoms with Gasteiger partial charge in [0.05, 0.1) is 6.10 Å². The molecule has 0 aliphatic heterocycles. The largest absolute Gasteiger partial charge is 0.393 e. The van der Waals surface area contributed by atoms with Gasteiger partial charge in [-0.3, -0.25) is 4.79 Å². The van der Waals surface area contributed by atoms with Gasteiger partial charge in [-0.25, -0.2) is 0 Å². The first-order valence-electron chi connectivity index (χ1n) is 4.54. The maximum absolute atomic E-state index is 11.2. The van der Waals surface area contributed by atoms with Crippen molar-refractivity contribution in [3.8, 4) is 0 Å². The van der Waals surface area contributed by atoms with Gasteiger partial charge < -0.3 is 14.7 Å². The van der Waals surface area contributed by atoms with Crippen LogP contribution in [0.3, 0.4) is 0 Å². The summed E-state index contributed by atoms with van der Waals surface area (Å²) in [5, 5.41) is 9.05. The summed E-state index contributed by atoms with van der Waals surface area (Å²) in [4.78, 5) is 12.9. The molecule has 4 nitrogen and oxygen atoms in total. The van der Waals surface area contributed by atoms with Crippen LogP contribution < -0.4 is 0 Å². The van der Waals surface area contributed by atoms with Gasteiger partial charge in [-0.1, -0.05) is 0 Å². The fraction of sp³-hybridized carbons (Fsp3) is 0.889. The zero-order chi connectivity index (χ0) is 9.84. The fourth-order valence-electron chi connectivity index (χ4n) is 1.57. The molecule has 13 heavy (non-hydrogen) atoms. The molecular formula is C9H17NO3. The van der Waals surface area contributed by atoms with Crippen molar-refractivity contribution in [3.05, 3.63) is 0 Å². The molecule has 0 bridgehead atoms. The van der Waals surface area contributed by atoms with Crippen LogP contribution in [-0.2, 0) is 9.53 Å². The van der Waals surface area contributed by atoms with Gasteiger partial charge in [0.15, 0.2) is 0 Å². The van der Waals surface area contributed by atoms with Crippen molar-refractivity contribution < 1.29 is 14.6 Å². The van der Waals surface area contributed by atoms with E-state index in [0.717, 1.165) is 19.4 Å². The Labute approximate surface area is 78.5 Å². The Balaban J connectivity index is 2.17. The second-order valence-corrected chi connectivity index (χ2v) is 3.70. The monoisotopic (exact) mass is 187 g/mol. The Bertz CT molecular complexity index is 178. The van der Waals surface area contributed by atoms with Crippen LogP contribution in [0.15, 0.2) is 0 Å². The van der Waals surface area contributed by atoms with Crippen molar-refractivity contribution in [2.45, 2.75) is 18.9 Å². The molecule has 1 saturated carbocycles. The number of aliphatic hydroxyl groups is 1. The van der Waals surface area contributed by atoms with Crippen molar-refractivity contribution in [1.82, 2.24) is 4.90 Å². The van der Waals surface area contributed by atoms with Crippen molar-refractivity contribution >= 4 is 5.91 Å². The number of carbonyl (C=O) groups excluding carboxylic acids is 1. The summed E-state index contributed by atoms with van der Waals surface area (Å²) in [7, 11) is 3.28. The van der Waals surface area contributed by atoms with Crippen molar-refractivity contribution in [2.24, 2.45) is 5.92 Å². The van der Waals surface area contributed by atoms with Gasteiger partial charge in [0.1, 0.15) is 6.61 Å². The molecule has 1 N–H and O–H groups in total. The van der Waals surface area contributed by atoms with E-state index in [4.69, 9.17) is 9.84 Å². The van der Waals surface area contributed by atoms with Crippen LogP contribution in [0.2, 0.25) is 0 Å². The lowest BCUT2D eigenvalue weighted by molar-refractivity contribution is -0.135. The molecule has 0 heterocycles. The van der Waals surface area contributed by atoms with Crippen LogP contribution in [0, 0.1) is 5.92 Å². The molecule has 1 rings (SSSR count). The minimum absolute atomic E-state index is 0.00360. The number of methoxy groups -OCH3 is 1. The summed E-state index contributed by atoms with van der Waals surface area (Å²) in [6.45, 7) is 0.880. The summed E-state index contributed by atoms with van der Waals surface area (Å²) in [5.74, 6) is 0.477. The number of nitrogens with zero attached hydrogens (tertiary/aromatic N) is 1. The quantitative estimate of drug-likeness (QED) is 0.666. The van der Waals surface area contributed by atoms with Crippen molar-refractivity contribution in [3.63, 3.8) is 0 Å². The third kappa shape index (κ3) is 2.97. The maximum Gasteiger partial charge on any atom is 0.248 e. The molecule has 0 aromatic heterocycles. The first kappa shape index (κ1) is 10.5. The summed E-state index contributed by atoms with van der Waals surface area (Å²) in [5.41, 5.74) is 0. The number of ether oxygens (including phenoxy) is 1. The van der Waals surface area contributed by atoms with E-state index in [9.17, 15) is 4.79 Å².